The normalized spacial score (nSPS) is 12.7. The molecule has 0 unspecified atom stereocenters. The first-order valence-corrected chi connectivity index (χ1v) is 8.56. The number of amides is 1. The van der Waals surface area contributed by atoms with Gasteiger partial charge in [0, 0.05) is 6.07 Å². The Kier molecular flexibility index (Phi) is 4.57. The van der Waals surface area contributed by atoms with E-state index in [2.05, 4.69) is 10.1 Å². The van der Waals surface area contributed by atoms with Gasteiger partial charge in [-0.05, 0) is 47.5 Å². The molecule has 1 aliphatic rings. The van der Waals surface area contributed by atoms with Crippen LogP contribution in [0.2, 0.25) is 0 Å². The lowest BCUT2D eigenvalue weighted by molar-refractivity contribution is -0.274. The molecule has 0 atom stereocenters. The molecule has 3 aromatic carbocycles. The van der Waals surface area contributed by atoms with Crippen molar-refractivity contribution < 1.29 is 37.3 Å². The molecule has 0 saturated carbocycles. The quantitative estimate of drug-likeness (QED) is 0.606. The van der Waals surface area contributed by atoms with Crippen LogP contribution in [0.15, 0.2) is 60.7 Å². The van der Waals surface area contributed by atoms with Crippen molar-refractivity contribution in [2.75, 3.05) is 5.32 Å². The maximum atomic E-state index is 12.7. The molecular weight excluding hydrogens is 403 g/mol. The molecule has 3 aromatic rings. The molecule has 0 fully saturated rings. The van der Waals surface area contributed by atoms with Gasteiger partial charge in [-0.1, -0.05) is 18.2 Å². The summed E-state index contributed by atoms with van der Waals surface area (Å²) in [4.78, 5) is 23.9. The van der Waals surface area contributed by atoms with Crippen molar-refractivity contribution in [3.8, 4) is 28.4 Å². The minimum Gasteiger partial charge on any atom is -0.478 e. The van der Waals surface area contributed by atoms with Gasteiger partial charge in [-0.25, -0.2) is 4.79 Å². The average Bonchev–Trinajstić information content (AvgIpc) is 2.82. The van der Waals surface area contributed by atoms with Crippen LogP contribution in [0.3, 0.4) is 0 Å². The first kappa shape index (κ1) is 19.3. The van der Waals surface area contributed by atoms with Gasteiger partial charge in [-0.3, -0.25) is 4.79 Å². The van der Waals surface area contributed by atoms with Crippen LogP contribution < -0.4 is 14.8 Å². The number of ether oxygens (including phenoxy) is 2. The minimum atomic E-state index is -4.87. The fourth-order valence-corrected chi connectivity index (χ4v) is 3.01. The summed E-state index contributed by atoms with van der Waals surface area (Å²) in [7, 11) is 0. The van der Waals surface area contributed by atoms with Gasteiger partial charge in [0.25, 0.3) is 5.91 Å². The number of rotatable bonds is 3. The Morgan fingerprint density at radius 3 is 2.43 bits per heavy atom. The van der Waals surface area contributed by atoms with E-state index in [-0.39, 0.29) is 28.3 Å². The summed E-state index contributed by atoms with van der Waals surface area (Å²) in [5.74, 6) is -1.82. The van der Waals surface area contributed by atoms with Crippen LogP contribution in [0.5, 0.6) is 17.2 Å². The molecule has 152 valence electrons. The highest BCUT2D eigenvalue weighted by Crippen LogP contribution is 2.40. The number of carbonyl (C=O) groups excluding carboxylic acids is 1. The smallest absolute Gasteiger partial charge is 0.478 e. The van der Waals surface area contributed by atoms with Gasteiger partial charge in [-0.2, -0.15) is 0 Å². The summed E-state index contributed by atoms with van der Waals surface area (Å²) in [6.07, 6.45) is -4.87. The Bertz CT molecular complexity index is 1170. The summed E-state index contributed by atoms with van der Waals surface area (Å²) in [6.45, 7) is 0. The maximum Gasteiger partial charge on any atom is 0.573 e. The van der Waals surface area contributed by atoms with Crippen molar-refractivity contribution in [3.63, 3.8) is 0 Å². The minimum absolute atomic E-state index is 0.0207. The molecule has 1 heterocycles. The second-order valence-corrected chi connectivity index (χ2v) is 6.36. The van der Waals surface area contributed by atoms with E-state index in [4.69, 9.17) is 9.84 Å². The lowest BCUT2D eigenvalue weighted by atomic mass is 10.00. The number of benzene rings is 3. The number of halogens is 3. The number of nitrogens with one attached hydrogen (secondary N) is 1. The van der Waals surface area contributed by atoms with Crippen molar-refractivity contribution in [3.05, 3.63) is 71.8 Å². The third kappa shape index (κ3) is 3.90. The number of carbonyl (C=O) groups is 2. The lowest BCUT2D eigenvalue weighted by Gasteiger charge is -2.12. The van der Waals surface area contributed by atoms with E-state index in [0.717, 1.165) is 12.1 Å². The van der Waals surface area contributed by atoms with Crippen LogP contribution in [0, 0.1) is 0 Å². The van der Waals surface area contributed by atoms with Gasteiger partial charge in [0.05, 0.1) is 16.8 Å². The number of aromatic carboxylic acids is 1. The van der Waals surface area contributed by atoms with Gasteiger partial charge in [0.15, 0.2) is 5.75 Å². The molecule has 0 aromatic heterocycles. The average molecular weight is 415 g/mol. The van der Waals surface area contributed by atoms with Gasteiger partial charge < -0.3 is 19.9 Å². The predicted octanol–water partition coefficient (Wildman–Crippen LogP) is 5.31. The number of carboxylic acid groups (broad SMARTS) is 1. The van der Waals surface area contributed by atoms with E-state index in [1.165, 1.54) is 30.3 Å². The molecule has 1 amide bonds. The fraction of sp³-hybridized carbons (Fsp3) is 0.0476. The molecule has 4 rings (SSSR count). The van der Waals surface area contributed by atoms with E-state index in [9.17, 15) is 22.8 Å². The van der Waals surface area contributed by atoms with Crippen LogP contribution in [-0.4, -0.2) is 23.3 Å². The zero-order valence-electron chi connectivity index (χ0n) is 15.0. The molecular formula is C21H12F3NO5. The highest BCUT2D eigenvalue weighted by Gasteiger charge is 2.32. The predicted molar refractivity (Wildman–Crippen MR) is 100.0 cm³/mol. The zero-order chi connectivity index (χ0) is 21.5. The first-order chi connectivity index (χ1) is 14.2. The van der Waals surface area contributed by atoms with Crippen molar-refractivity contribution in [1.29, 1.82) is 0 Å². The van der Waals surface area contributed by atoms with E-state index < -0.39 is 24.0 Å². The van der Waals surface area contributed by atoms with Gasteiger partial charge in [0.1, 0.15) is 11.5 Å². The SMILES string of the molecule is O=C(O)c1cccc(-c2ccc3c(c2)C(=O)Nc2cc(OC(F)(F)F)ccc2O3)c1. The molecule has 6 nitrogen and oxygen atoms in total. The third-order valence-electron chi connectivity index (χ3n) is 4.32. The van der Waals surface area contributed by atoms with Crippen LogP contribution in [0.1, 0.15) is 20.7 Å². The Hall–Kier alpha value is -4.01. The number of anilines is 1. The molecule has 9 heteroatoms. The van der Waals surface area contributed by atoms with Crippen molar-refractivity contribution in [2.45, 2.75) is 6.36 Å². The maximum absolute atomic E-state index is 12.7. The lowest BCUT2D eigenvalue weighted by Crippen LogP contribution is -2.17. The second kappa shape index (κ2) is 7.11. The molecule has 30 heavy (non-hydrogen) atoms. The largest absolute Gasteiger partial charge is 0.573 e. The monoisotopic (exact) mass is 415 g/mol. The molecule has 0 aliphatic carbocycles. The summed E-state index contributed by atoms with van der Waals surface area (Å²) in [5.41, 5.74) is 1.40. The van der Waals surface area contributed by atoms with Crippen molar-refractivity contribution in [2.24, 2.45) is 0 Å². The van der Waals surface area contributed by atoms with Gasteiger partial charge >= 0.3 is 12.3 Å². The fourth-order valence-electron chi connectivity index (χ4n) is 3.01. The van der Waals surface area contributed by atoms with Crippen LogP contribution in [-0.2, 0) is 0 Å². The molecule has 0 saturated heterocycles. The zero-order valence-corrected chi connectivity index (χ0v) is 15.0. The van der Waals surface area contributed by atoms with Crippen LogP contribution in [0.25, 0.3) is 11.1 Å². The molecule has 0 bridgehead atoms. The van der Waals surface area contributed by atoms with Gasteiger partial charge in [-0.15, -0.1) is 13.2 Å². The summed E-state index contributed by atoms with van der Waals surface area (Å²) in [5, 5.41) is 11.7. The first-order valence-electron chi connectivity index (χ1n) is 8.56. The topological polar surface area (TPSA) is 84.9 Å². The van der Waals surface area contributed by atoms with E-state index in [1.807, 2.05) is 0 Å². The molecule has 0 spiro atoms. The van der Waals surface area contributed by atoms with E-state index >= 15 is 0 Å². The Morgan fingerprint density at radius 2 is 1.70 bits per heavy atom. The Morgan fingerprint density at radius 1 is 0.967 bits per heavy atom. The van der Waals surface area contributed by atoms with E-state index in [1.54, 1.807) is 18.2 Å². The Labute approximate surface area is 167 Å². The highest BCUT2D eigenvalue weighted by atomic mass is 19.4. The number of carboxylic acids is 1. The molecule has 1 aliphatic heterocycles. The number of alkyl halides is 3. The number of fused-ring (bicyclic) bond motifs is 2. The molecule has 2 N–H and O–H groups in total. The van der Waals surface area contributed by atoms with Gasteiger partial charge in [0.2, 0.25) is 0 Å². The standard InChI is InChI=1S/C21H12F3NO5/c22-21(23,24)30-14-5-7-18-16(10-14)25-19(26)15-9-12(4-6-17(15)29-18)11-2-1-3-13(8-11)20(27)28/h1-10H,(H,25,26)(H,27,28). The summed E-state index contributed by atoms with van der Waals surface area (Å²) < 4.78 is 46.9. The summed E-state index contributed by atoms with van der Waals surface area (Å²) >= 11 is 0. The van der Waals surface area contributed by atoms with Crippen molar-refractivity contribution >= 4 is 17.6 Å². The summed E-state index contributed by atoms with van der Waals surface area (Å²) in [6, 6.07) is 14.3. The second-order valence-electron chi connectivity index (χ2n) is 6.36. The number of hydrogen-bond acceptors (Lipinski definition) is 4. The third-order valence-corrected chi connectivity index (χ3v) is 4.32. The highest BCUT2D eigenvalue weighted by molar-refractivity contribution is 6.08. The van der Waals surface area contributed by atoms with Crippen LogP contribution >= 0.6 is 0 Å². The molecule has 0 radical (unpaired) electrons. The Balaban J connectivity index is 1.69. The number of hydrogen-bond donors (Lipinski definition) is 2. The van der Waals surface area contributed by atoms with E-state index in [0.29, 0.717) is 11.1 Å². The van der Waals surface area contributed by atoms with Crippen LogP contribution in [0.4, 0.5) is 18.9 Å². The van der Waals surface area contributed by atoms with Crippen molar-refractivity contribution in [1.82, 2.24) is 0 Å².